The molecule has 2 amide bonds. The Hall–Kier alpha value is -1.88. The van der Waals surface area contributed by atoms with Crippen molar-refractivity contribution in [2.45, 2.75) is 44.6 Å². The molecule has 1 aliphatic carbocycles. The lowest BCUT2D eigenvalue weighted by molar-refractivity contribution is -0.121. The predicted molar refractivity (Wildman–Crippen MR) is 82.0 cm³/mol. The van der Waals surface area contributed by atoms with Crippen molar-refractivity contribution in [3.8, 4) is 0 Å². The summed E-state index contributed by atoms with van der Waals surface area (Å²) < 4.78 is 0. The van der Waals surface area contributed by atoms with Crippen LogP contribution in [-0.4, -0.2) is 17.9 Å². The van der Waals surface area contributed by atoms with Crippen LogP contribution in [0.3, 0.4) is 0 Å². The van der Waals surface area contributed by atoms with E-state index in [4.69, 9.17) is 5.73 Å². The number of carbonyl (C=O) groups excluding carboxylic acids is 2. The van der Waals surface area contributed by atoms with Crippen LogP contribution in [0.2, 0.25) is 0 Å². The van der Waals surface area contributed by atoms with Crippen LogP contribution in [0.4, 0.5) is 11.4 Å². The van der Waals surface area contributed by atoms with Gasteiger partial charge >= 0.3 is 0 Å². The summed E-state index contributed by atoms with van der Waals surface area (Å²) in [6.45, 7) is 0. The van der Waals surface area contributed by atoms with Crippen molar-refractivity contribution in [3.63, 3.8) is 0 Å². The molecule has 0 unspecified atom stereocenters. The molecular formula is C16H21N3O2. The van der Waals surface area contributed by atoms with Crippen LogP contribution >= 0.6 is 0 Å². The zero-order valence-corrected chi connectivity index (χ0v) is 12.0. The average molecular weight is 287 g/mol. The fraction of sp³-hybridized carbons (Fsp3) is 0.500. The van der Waals surface area contributed by atoms with Gasteiger partial charge in [0.15, 0.2) is 0 Å². The second kappa shape index (κ2) is 5.85. The predicted octanol–water partition coefficient (Wildman–Crippen LogP) is 2.03. The number of aryl methyl sites for hydroxylation is 1. The Labute approximate surface area is 124 Å². The highest BCUT2D eigenvalue weighted by Crippen LogP contribution is 2.28. The normalized spacial score (nSPS) is 24.9. The lowest BCUT2D eigenvalue weighted by atomic mass is 9.86. The summed E-state index contributed by atoms with van der Waals surface area (Å²) in [5.74, 6) is 0.208. The van der Waals surface area contributed by atoms with Gasteiger partial charge in [-0.2, -0.15) is 0 Å². The van der Waals surface area contributed by atoms with Crippen LogP contribution in [0, 0.1) is 5.92 Å². The van der Waals surface area contributed by atoms with Gasteiger partial charge in [0.1, 0.15) is 0 Å². The lowest BCUT2D eigenvalue weighted by Crippen LogP contribution is -2.32. The highest BCUT2D eigenvalue weighted by Gasteiger charge is 2.25. The van der Waals surface area contributed by atoms with E-state index in [-0.39, 0.29) is 23.8 Å². The molecule has 1 aliphatic heterocycles. The van der Waals surface area contributed by atoms with Crippen molar-refractivity contribution in [2.24, 2.45) is 11.7 Å². The molecule has 2 aliphatic rings. The van der Waals surface area contributed by atoms with Gasteiger partial charge < -0.3 is 16.4 Å². The first kappa shape index (κ1) is 14.1. The second-order valence-electron chi connectivity index (χ2n) is 6.02. The van der Waals surface area contributed by atoms with Crippen molar-refractivity contribution in [1.82, 2.24) is 0 Å². The van der Waals surface area contributed by atoms with Crippen LogP contribution in [0.15, 0.2) is 18.2 Å². The van der Waals surface area contributed by atoms with E-state index in [1.165, 1.54) is 0 Å². The van der Waals surface area contributed by atoms with Gasteiger partial charge in [-0.25, -0.2) is 0 Å². The molecule has 5 heteroatoms. The highest BCUT2D eigenvalue weighted by molar-refractivity contribution is 5.96. The molecule has 3 rings (SSSR count). The van der Waals surface area contributed by atoms with Crippen molar-refractivity contribution < 1.29 is 9.59 Å². The van der Waals surface area contributed by atoms with Gasteiger partial charge in [-0.3, -0.25) is 9.59 Å². The summed E-state index contributed by atoms with van der Waals surface area (Å²) in [7, 11) is 0. The average Bonchev–Trinajstić information content (AvgIpc) is 2.48. The lowest BCUT2D eigenvalue weighted by Gasteiger charge is -2.25. The fourth-order valence-corrected chi connectivity index (χ4v) is 3.09. The molecular weight excluding hydrogens is 266 g/mol. The quantitative estimate of drug-likeness (QED) is 0.778. The fourth-order valence-electron chi connectivity index (χ4n) is 3.09. The number of nitrogens with one attached hydrogen (secondary N) is 2. The third-order valence-electron chi connectivity index (χ3n) is 4.41. The van der Waals surface area contributed by atoms with E-state index in [2.05, 4.69) is 10.6 Å². The van der Waals surface area contributed by atoms with Gasteiger partial charge in [0, 0.05) is 29.8 Å². The van der Waals surface area contributed by atoms with Crippen molar-refractivity contribution >= 4 is 23.2 Å². The van der Waals surface area contributed by atoms with E-state index < -0.39 is 0 Å². The molecule has 5 nitrogen and oxygen atoms in total. The standard InChI is InChI=1S/C16H21N3O2/c17-12-4-1-10(2-5-12)16(21)18-13-6-7-14-11(9-13)3-8-15(20)19-14/h6-7,9-10,12H,1-5,8,17H2,(H,18,21)(H,19,20). The minimum atomic E-state index is 0.0535. The van der Waals surface area contributed by atoms with Crippen molar-refractivity contribution in [3.05, 3.63) is 23.8 Å². The minimum Gasteiger partial charge on any atom is -0.328 e. The van der Waals surface area contributed by atoms with Gasteiger partial charge in [0.25, 0.3) is 0 Å². The summed E-state index contributed by atoms with van der Waals surface area (Å²) in [6, 6.07) is 5.91. The van der Waals surface area contributed by atoms with Crippen LogP contribution in [-0.2, 0) is 16.0 Å². The topological polar surface area (TPSA) is 84.2 Å². The number of rotatable bonds is 2. The molecule has 0 spiro atoms. The van der Waals surface area contributed by atoms with E-state index in [1.54, 1.807) is 0 Å². The first-order chi connectivity index (χ1) is 10.1. The zero-order valence-electron chi connectivity index (χ0n) is 12.0. The third kappa shape index (κ3) is 3.24. The van der Waals surface area contributed by atoms with Gasteiger partial charge in [-0.1, -0.05) is 0 Å². The third-order valence-corrected chi connectivity index (χ3v) is 4.41. The number of anilines is 2. The van der Waals surface area contributed by atoms with E-state index in [0.717, 1.165) is 49.0 Å². The number of nitrogens with two attached hydrogens (primary N) is 1. The summed E-state index contributed by atoms with van der Waals surface area (Å²) in [5.41, 5.74) is 8.62. The molecule has 112 valence electrons. The molecule has 0 radical (unpaired) electrons. The largest absolute Gasteiger partial charge is 0.328 e. The highest BCUT2D eigenvalue weighted by atomic mass is 16.2. The first-order valence-electron chi connectivity index (χ1n) is 7.61. The molecule has 0 atom stereocenters. The maximum atomic E-state index is 12.3. The minimum absolute atomic E-state index is 0.0535. The van der Waals surface area contributed by atoms with Crippen LogP contribution < -0.4 is 16.4 Å². The van der Waals surface area contributed by atoms with E-state index >= 15 is 0 Å². The van der Waals surface area contributed by atoms with E-state index in [1.807, 2.05) is 18.2 Å². The molecule has 1 heterocycles. The van der Waals surface area contributed by atoms with Crippen molar-refractivity contribution in [1.29, 1.82) is 0 Å². The Morgan fingerprint density at radius 3 is 2.71 bits per heavy atom. The molecule has 0 aromatic heterocycles. The van der Waals surface area contributed by atoms with Crippen LogP contribution in [0.5, 0.6) is 0 Å². The van der Waals surface area contributed by atoms with Crippen LogP contribution in [0.25, 0.3) is 0 Å². The molecule has 1 aromatic rings. The maximum absolute atomic E-state index is 12.3. The monoisotopic (exact) mass is 287 g/mol. The zero-order chi connectivity index (χ0) is 14.8. The van der Waals surface area contributed by atoms with Crippen molar-refractivity contribution in [2.75, 3.05) is 10.6 Å². The van der Waals surface area contributed by atoms with E-state index in [9.17, 15) is 9.59 Å². The van der Waals surface area contributed by atoms with Gasteiger partial charge in [-0.05, 0) is 55.9 Å². The summed E-state index contributed by atoms with van der Waals surface area (Å²) in [4.78, 5) is 23.6. The van der Waals surface area contributed by atoms with Gasteiger partial charge in [0.2, 0.25) is 11.8 Å². The van der Waals surface area contributed by atoms with Crippen LogP contribution in [0.1, 0.15) is 37.7 Å². The smallest absolute Gasteiger partial charge is 0.227 e. The number of benzene rings is 1. The van der Waals surface area contributed by atoms with Gasteiger partial charge in [-0.15, -0.1) is 0 Å². The number of carbonyl (C=O) groups is 2. The molecule has 1 saturated carbocycles. The Morgan fingerprint density at radius 1 is 1.19 bits per heavy atom. The number of fused-ring (bicyclic) bond motifs is 1. The molecule has 0 bridgehead atoms. The SMILES string of the molecule is NC1CCC(C(=O)Nc2ccc3c(c2)CCC(=O)N3)CC1. The summed E-state index contributed by atoms with van der Waals surface area (Å²) >= 11 is 0. The Bertz CT molecular complexity index is 563. The Kier molecular flexibility index (Phi) is 3.92. The second-order valence-corrected chi connectivity index (χ2v) is 6.02. The Morgan fingerprint density at radius 2 is 1.95 bits per heavy atom. The number of hydrogen-bond acceptors (Lipinski definition) is 3. The molecule has 0 saturated heterocycles. The molecule has 21 heavy (non-hydrogen) atoms. The molecule has 4 N–H and O–H groups in total. The summed E-state index contributed by atoms with van der Waals surface area (Å²) in [6.07, 6.45) is 4.82. The molecule has 1 fully saturated rings. The summed E-state index contributed by atoms with van der Waals surface area (Å²) in [5, 5.41) is 5.84. The number of hydrogen-bond donors (Lipinski definition) is 3. The van der Waals surface area contributed by atoms with E-state index in [0.29, 0.717) is 6.42 Å². The van der Waals surface area contributed by atoms with Gasteiger partial charge in [0.05, 0.1) is 0 Å². The first-order valence-corrected chi connectivity index (χ1v) is 7.61. The Balaban J connectivity index is 1.65. The maximum Gasteiger partial charge on any atom is 0.227 e. The molecule has 1 aromatic carbocycles. The number of amides is 2.